The van der Waals surface area contributed by atoms with Crippen molar-refractivity contribution in [2.24, 2.45) is 0 Å². The van der Waals surface area contributed by atoms with Crippen LogP contribution in [-0.2, 0) is 6.18 Å². The lowest BCUT2D eigenvalue weighted by Crippen LogP contribution is -2.11. The normalized spacial score (nSPS) is 11.4. The zero-order valence-electron chi connectivity index (χ0n) is 9.39. The van der Waals surface area contributed by atoms with Gasteiger partial charge >= 0.3 is 6.18 Å². The summed E-state index contributed by atoms with van der Waals surface area (Å²) < 4.78 is 42.9. The van der Waals surface area contributed by atoms with Gasteiger partial charge in [0.15, 0.2) is 5.78 Å². The van der Waals surface area contributed by atoms with E-state index >= 15 is 0 Å². The van der Waals surface area contributed by atoms with E-state index in [9.17, 15) is 18.0 Å². The minimum absolute atomic E-state index is 0.0291. The predicted octanol–water partition coefficient (Wildman–Crippen LogP) is 2.89. The quantitative estimate of drug-likeness (QED) is 0.660. The topological polar surface area (TPSA) is 52.3 Å². The van der Waals surface area contributed by atoms with Crippen molar-refractivity contribution in [2.75, 3.05) is 12.3 Å². The van der Waals surface area contributed by atoms with Crippen molar-refractivity contribution in [3.63, 3.8) is 0 Å². The van der Waals surface area contributed by atoms with Gasteiger partial charge in [-0.3, -0.25) is 4.79 Å². The Kier molecular flexibility index (Phi) is 3.65. The Morgan fingerprint density at radius 1 is 1.41 bits per heavy atom. The van der Waals surface area contributed by atoms with Crippen LogP contribution in [0.1, 0.15) is 29.8 Å². The van der Waals surface area contributed by atoms with Crippen LogP contribution in [0.2, 0.25) is 0 Å². The third kappa shape index (κ3) is 2.89. The van der Waals surface area contributed by atoms with Gasteiger partial charge in [-0.05, 0) is 26.0 Å². The Morgan fingerprint density at radius 3 is 2.41 bits per heavy atom. The van der Waals surface area contributed by atoms with Crippen molar-refractivity contribution in [1.29, 1.82) is 0 Å². The molecule has 3 nitrogen and oxygen atoms in total. The molecule has 0 aliphatic carbocycles. The molecule has 0 aromatic heterocycles. The molecule has 1 aromatic carbocycles. The van der Waals surface area contributed by atoms with Crippen molar-refractivity contribution in [1.82, 2.24) is 0 Å². The number of Topliss-reactive ketones (excluding diaryl/α,β-unsaturated/α-hetero) is 1. The summed E-state index contributed by atoms with van der Waals surface area (Å²) in [5.41, 5.74) is 4.27. The van der Waals surface area contributed by atoms with Crippen molar-refractivity contribution in [3.8, 4) is 5.75 Å². The molecule has 94 valence electrons. The molecule has 17 heavy (non-hydrogen) atoms. The number of carbonyl (C=O) groups excluding carboxylic acids is 1. The fourth-order valence-corrected chi connectivity index (χ4v) is 1.40. The molecule has 0 atom stereocenters. The van der Waals surface area contributed by atoms with E-state index in [0.717, 1.165) is 12.1 Å². The van der Waals surface area contributed by atoms with Crippen LogP contribution in [0.25, 0.3) is 0 Å². The summed E-state index contributed by atoms with van der Waals surface area (Å²) in [6, 6.07) is 1.76. The number of ether oxygens (including phenoxy) is 1. The van der Waals surface area contributed by atoms with Gasteiger partial charge in [-0.15, -0.1) is 0 Å². The van der Waals surface area contributed by atoms with Crippen LogP contribution in [0.5, 0.6) is 5.75 Å². The lowest BCUT2D eigenvalue weighted by Gasteiger charge is -2.15. The first-order valence-corrected chi connectivity index (χ1v) is 4.91. The van der Waals surface area contributed by atoms with E-state index in [0.29, 0.717) is 0 Å². The average Bonchev–Trinajstić information content (AvgIpc) is 2.18. The number of nitrogens with two attached hydrogens (primary N) is 1. The number of carbonyl (C=O) groups is 1. The number of hydrogen-bond acceptors (Lipinski definition) is 3. The van der Waals surface area contributed by atoms with Crippen LogP contribution >= 0.6 is 0 Å². The van der Waals surface area contributed by atoms with E-state index < -0.39 is 17.5 Å². The highest BCUT2D eigenvalue weighted by Gasteiger charge is 2.35. The highest BCUT2D eigenvalue weighted by Crippen LogP contribution is 2.38. The predicted molar refractivity (Wildman–Crippen MR) is 57.0 cm³/mol. The van der Waals surface area contributed by atoms with Crippen molar-refractivity contribution in [2.45, 2.75) is 20.0 Å². The first-order valence-electron chi connectivity index (χ1n) is 4.91. The summed E-state index contributed by atoms with van der Waals surface area (Å²) in [6.45, 7) is 2.86. The Labute approximate surface area is 96.4 Å². The number of nitrogen functional groups attached to an aromatic ring is 1. The van der Waals surface area contributed by atoms with Crippen LogP contribution in [0.3, 0.4) is 0 Å². The summed E-state index contributed by atoms with van der Waals surface area (Å²) in [5.74, 6) is -0.781. The van der Waals surface area contributed by atoms with Crippen LogP contribution in [-0.4, -0.2) is 12.4 Å². The summed E-state index contributed by atoms with van der Waals surface area (Å²) in [6.07, 6.45) is -4.56. The summed E-state index contributed by atoms with van der Waals surface area (Å²) >= 11 is 0. The maximum absolute atomic E-state index is 12.7. The smallest absolute Gasteiger partial charge is 0.420 e. The highest BCUT2D eigenvalue weighted by molar-refractivity contribution is 5.99. The number of rotatable bonds is 3. The second kappa shape index (κ2) is 4.65. The molecule has 6 heteroatoms. The van der Waals surface area contributed by atoms with E-state index in [1.54, 1.807) is 6.92 Å². The summed E-state index contributed by atoms with van der Waals surface area (Å²) in [7, 11) is 0. The first-order chi connectivity index (χ1) is 7.77. The molecule has 0 saturated heterocycles. The first kappa shape index (κ1) is 13.3. The minimum atomic E-state index is -4.56. The molecule has 0 spiro atoms. The second-order valence-corrected chi connectivity index (χ2v) is 3.42. The number of ketones is 1. The fraction of sp³-hybridized carbons (Fsp3) is 0.364. The monoisotopic (exact) mass is 247 g/mol. The van der Waals surface area contributed by atoms with Gasteiger partial charge in [0, 0.05) is 11.3 Å². The van der Waals surface area contributed by atoms with E-state index in [1.807, 2.05) is 0 Å². The van der Waals surface area contributed by atoms with Gasteiger partial charge in [0.05, 0.1) is 12.2 Å². The second-order valence-electron chi connectivity index (χ2n) is 3.42. The molecule has 0 amide bonds. The van der Waals surface area contributed by atoms with Crippen LogP contribution in [0.15, 0.2) is 12.1 Å². The Bertz CT molecular complexity index is 441. The van der Waals surface area contributed by atoms with Crippen molar-refractivity contribution >= 4 is 11.5 Å². The molecule has 0 fully saturated rings. The zero-order valence-corrected chi connectivity index (χ0v) is 9.39. The Balaban J connectivity index is 3.41. The lowest BCUT2D eigenvalue weighted by atomic mass is 10.0. The minimum Gasteiger partial charge on any atom is -0.493 e. The van der Waals surface area contributed by atoms with Crippen LogP contribution < -0.4 is 10.5 Å². The van der Waals surface area contributed by atoms with E-state index in [1.165, 1.54) is 6.92 Å². The summed E-state index contributed by atoms with van der Waals surface area (Å²) in [4.78, 5) is 11.2. The van der Waals surface area contributed by atoms with Crippen LogP contribution in [0.4, 0.5) is 18.9 Å². The van der Waals surface area contributed by atoms with Gasteiger partial charge in [0.25, 0.3) is 0 Å². The van der Waals surface area contributed by atoms with Crippen LogP contribution in [0, 0.1) is 0 Å². The lowest BCUT2D eigenvalue weighted by molar-refractivity contribution is -0.138. The zero-order chi connectivity index (χ0) is 13.2. The number of halogens is 3. The third-order valence-corrected chi connectivity index (χ3v) is 2.14. The van der Waals surface area contributed by atoms with E-state index in [2.05, 4.69) is 0 Å². The molecular weight excluding hydrogens is 235 g/mol. The van der Waals surface area contributed by atoms with Gasteiger partial charge in [0.1, 0.15) is 5.75 Å². The van der Waals surface area contributed by atoms with Gasteiger partial charge in [-0.1, -0.05) is 0 Å². The van der Waals surface area contributed by atoms with Gasteiger partial charge in [-0.2, -0.15) is 13.2 Å². The van der Waals surface area contributed by atoms with Crippen molar-refractivity contribution < 1.29 is 22.7 Å². The fourth-order valence-electron chi connectivity index (χ4n) is 1.40. The Morgan fingerprint density at radius 2 is 2.00 bits per heavy atom. The highest BCUT2D eigenvalue weighted by atomic mass is 19.4. The number of benzene rings is 1. The molecule has 0 saturated carbocycles. The molecule has 0 radical (unpaired) electrons. The standard InChI is InChI=1S/C11H12F3NO2/c1-3-17-10-4-7(6(2)16)9(15)5-8(10)11(12,13)14/h4-5H,3,15H2,1-2H3. The number of hydrogen-bond donors (Lipinski definition) is 1. The largest absolute Gasteiger partial charge is 0.493 e. The molecule has 0 bridgehead atoms. The number of anilines is 1. The van der Waals surface area contributed by atoms with Gasteiger partial charge in [-0.25, -0.2) is 0 Å². The molecular formula is C11H12F3NO2. The molecule has 0 aliphatic heterocycles. The maximum atomic E-state index is 12.7. The molecule has 0 unspecified atom stereocenters. The average molecular weight is 247 g/mol. The Hall–Kier alpha value is -1.72. The third-order valence-electron chi connectivity index (χ3n) is 2.14. The van der Waals surface area contributed by atoms with Crippen molar-refractivity contribution in [3.05, 3.63) is 23.3 Å². The van der Waals surface area contributed by atoms with Gasteiger partial charge < -0.3 is 10.5 Å². The summed E-state index contributed by atoms with van der Waals surface area (Å²) in [5, 5.41) is 0. The maximum Gasteiger partial charge on any atom is 0.420 e. The molecule has 1 rings (SSSR count). The molecule has 0 heterocycles. The number of alkyl halides is 3. The van der Waals surface area contributed by atoms with Gasteiger partial charge in [0.2, 0.25) is 0 Å². The van der Waals surface area contributed by atoms with E-state index in [4.69, 9.17) is 10.5 Å². The van der Waals surface area contributed by atoms with E-state index in [-0.39, 0.29) is 23.6 Å². The molecule has 2 N–H and O–H groups in total. The molecule has 0 aliphatic rings. The molecule has 1 aromatic rings. The SMILES string of the molecule is CCOc1cc(C(C)=O)c(N)cc1C(F)(F)F.